The molecule has 2 aromatic heterocycles. The molecule has 1 aliphatic heterocycles. The van der Waals surface area contributed by atoms with E-state index >= 15 is 0 Å². The van der Waals surface area contributed by atoms with Gasteiger partial charge in [0.05, 0.1) is 57.1 Å². The van der Waals surface area contributed by atoms with Crippen LogP contribution in [0.1, 0.15) is 69.0 Å². The maximum atomic E-state index is 9.34. The van der Waals surface area contributed by atoms with Crippen LogP contribution in [-0.4, -0.2) is 94.1 Å². The number of hydrogen-bond acceptors (Lipinski definition) is 11. The van der Waals surface area contributed by atoms with Crippen LogP contribution < -0.4 is 10.1 Å². The quantitative estimate of drug-likeness (QED) is 0.0305. The number of ether oxygens (including phenoxy) is 2. The number of nitrogens with zero attached hydrogens (tertiary/aromatic N) is 8. The Morgan fingerprint density at radius 2 is 1.63 bits per heavy atom. The van der Waals surface area contributed by atoms with Gasteiger partial charge in [-0.1, -0.05) is 72.3 Å². The summed E-state index contributed by atoms with van der Waals surface area (Å²) in [6.45, 7) is 11.1. The third-order valence-electron chi connectivity index (χ3n) is 9.92. The van der Waals surface area contributed by atoms with Crippen molar-refractivity contribution < 1.29 is 18.5 Å². The van der Waals surface area contributed by atoms with Crippen LogP contribution in [0.3, 0.4) is 0 Å². The number of hydrogen-bond donors (Lipinski definition) is 1. The number of fused-ring (bicyclic) bond motifs is 1. The summed E-state index contributed by atoms with van der Waals surface area (Å²) < 4.78 is 30.0. The molecule has 5 aromatic rings. The van der Waals surface area contributed by atoms with Gasteiger partial charge in [-0.2, -0.15) is 5.26 Å². The highest BCUT2D eigenvalue weighted by Crippen LogP contribution is 2.48. The summed E-state index contributed by atoms with van der Waals surface area (Å²) in [4.78, 5) is 20.2. The van der Waals surface area contributed by atoms with E-state index in [4.69, 9.17) is 23.5 Å². The first kappa shape index (κ1) is 41.8. The Kier molecular flexibility index (Phi) is 14.0. The molecule has 13 nitrogen and oxygen atoms in total. The van der Waals surface area contributed by atoms with Gasteiger partial charge in [-0.05, 0) is 63.4 Å². The summed E-state index contributed by atoms with van der Waals surface area (Å²) in [7, 11) is 3.97. The first-order valence-corrected chi connectivity index (χ1v) is 20.5. The molecule has 0 aliphatic carbocycles. The topological polar surface area (TPSA) is 135 Å². The summed E-state index contributed by atoms with van der Waals surface area (Å²) in [5.74, 6) is 1.25. The van der Waals surface area contributed by atoms with Crippen LogP contribution >= 0.6 is 8.53 Å². The fourth-order valence-corrected chi connectivity index (χ4v) is 8.95. The van der Waals surface area contributed by atoms with Crippen molar-refractivity contribution in [3.05, 3.63) is 114 Å². The molecule has 0 spiro atoms. The summed E-state index contributed by atoms with van der Waals surface area (Å²) in [5, 5.41) is 13.5. The molecule has 0 amide bonds. The van der Waals surface area contributed by atoms with Crippen molar-refractivity contribution in [1.29, 1.82) is 5.26 Å². The molecule has 6 rings (SSSR count). The van der Waals surface area contributed by atoms with Gasteiger partial charge in [0.25, 0.3) is 8.53 Å². The highest BCUT2D eigenvalue weighted by atomic mass is 31.2. The van der Waals surface area contributed by atoms with E-state index in [2.05, 4.69) is 126 Å². The van der Waals surface area contributed by atoms with Gasteiger partial charge in [0.15, 0.2) is 17.0 Å². The van der Waals surface area contributed by atoms with Gasteiger partial charge in [-0.15, -0.1) is 0 Å². The van der Waals surface area contributed by atoms with Crippen molar-refractivity contribution in [1.82, 2.24) is 34.4 Å². The first-order chi connectivity index (χ1) is 27.5. The van der Waals surface area contributed by atoms with Crippen molar-refractivity contribution in [2.75, 3.05) is 34.4 Å². The Labute approximate surface area is 337 Å². The molecule has 1 saturated heterocycles. The maximum Gasteiger partial charge on any atom is 0.259 e. The van der Waals surface area contributed by atoms with Crippen LogP contribution in [0.2, 0.25) is 0 Å². The summed E-state index contributed by atoms with van der Waals surface area (Å²) >= 11 is 0. The Hall–Kier alpha value is -4.80. The highest BCUT2D eigenvalue weighted by Gasteiger charge is 2.45. The monoisotopic (exact) mass is 791 g/mol. The van der Waals surface area contributed by atoms with E-state index in [0.717, 1.165) is 22.4 Å². The minimum atomic E-state index is -1.52. The lowest BCUT2D eigenvalue weighted by Crippen LogP contribution is -2.53. The van der Waals surface area contributed by atoms with Gasteiger partial charge in [0.2, 0.25) is 0 Å². The van der Waals surface area contributed by atoms with Crippen molar-refractivity contribution in [3.63, 3.8) is 0 Å². The van der Waals surface area contributed by atoms with Gasteiger partial charge in [-0.25, -0.2) is 24.6 Å². The molecule has 1 N–H and O–H groups in total. The molecule has 3 heterocycles. The van der Waals surface area contributed by atoms with Crippen LogP contribution in [0.15, 0.2) is 96.5 Å². The van der Waals surface area contributed by atoms with Crippen LogP contribution in [0.5, 0.6) is 5.75 Å². The second-order valence-corrected chi connectivity index (χ2v) is 16.4. The van der Waals surface area contributed by atoms with E-state index < -0.39 is 26.4 Å². The number of methoxy groups -OCH3 is 1. The third-order valence-corrected chi connectivity index (χ3v) is 12.0. The number of imidazole rings is 1. The molecule has 3 aromatic carbocycles. The summed E-state index contributed by atoms with van der Waals surface area (Å²) in [5.41, 5.74) is 4.74. The largest absolute Gasteiger partial charge is 0.497 e. The number of nitrogens with one attached hydrogen (secondary N) is 1. The smallest absolute Gasteiger partial charge is 0.259 e. The van der Waals surface area contributed by atoms with Gasteiger partial charge < -0.3 is 23.4 Å². The van der Waals surface area contributed by atoms with E-state index in [9.17, 15) is 5.26 Å². The van der Waals surface area contributed by atoms with Crippen LogP contribution in [0.25, 0.3) is 11.2 Å². The van der Waals surface area contributed by atoms with E-state index in [1.807, 2.05) is 41.8 Å². The van der Waals surface area contributed by atoms with Crippen molar-refractivity contribution >= 4 is 31.8 Å². The maximum absolute atomic E-state index is 9.34. The molecule has 14 heteroatoms. The fraction of sp³-hybridized carbons (Fsp3) is 0.419. The molecule has 300 valence electrons. The van der Waals surface area contributed by atoms with Gasteiger partial charge in [0.1, 0.15) is 18.3 Å². The van der Waals surface area contributed by atoms with Gasteiger partial charge >= 0.3 is 0 Å². The van der Waals surface area contributed by atoms with Gasteiger partial charge in [0, 0.05) is 38.6 Å². The van der Waals surface area contributed by atoms with E-state index in [1.54, 1.807) is 19.8 Å². The molecule has 0 saturated carbocycles. The van der Waals surface area contributed by atoms with Crippen molar-refractivity contribution in [2.24, 2.45) is 4.99 Å². The molecule has 0 radical (unpaired) electrons. The minimum absolute atomic E-state index is 0.146. The second-order valence-electron chi connectivity index (χ2n) is 14.9. The number of aryl methyl sites for hydroxylation is 1. The van der Waals surface area contributed by atoms with Crippen LogP contribution in [0, 0.1) is 18.3 Å². The van der Waals surface area contributed by atoms with Gasteiger partial charge in [-0.3, -0.25) is 9.88 Å². The summed E-state index contributed by atoms with van der Waals surface area (Å²) in [6.07, 6.45) is 4.88. The molecular formula is C43H54N9O4P. The standard InChI is InChI=1S/C43H54N9O4P/c1-30(2)52(31(3)4)57(54-24-12-23-44)55-26-38-37(25-39(56-38)51-29-47-40-41(48-28-50(6)7)45-27-46-42(40)51)49-43(33-13-10-9-11-14-33,34-17-15-32(5)16-18-34)35-19-21-36(53-8)22-20-35/h9-11,13-22,27-31,37-39,49H,12,24-26H2,1-8H3/b48-28-/t37-,38+,39+,43?,57?/m0/s1. The number of aliphatic imine (C=N–C) groups is 1. The Morgan fingerprint density at radius 1 is 0.965 bits per heavy atom. The molecule has 1 aliphatic rings. The lowest BCUT2D eigenvalue weighted by atomic mass is 9.76. The second kappa shape index (κ2) is 19.1. The number of nitriles is 1. The third kappa shape index (κ3) is 9.50. The lowest BCUT2D eigenvalue weighted by Gasteiger charge is -2.41. The fourth-order valence-electron chi connectivity index (χ4n) is 7.33. The normalized spacial score (nSPS) is 18.7. The van der Waals surface area contributed by atoms with Crippen LogP contribution in [-0.2, 0) is 19.3 Å². The average molecular weight is 792 g/mol. The lowest BCUT2D eigenvalue weighted by molar-refractivity contribution is -0.0242. The zero-order chi connectivity index (χ0) is 40.5. The zero-order valence-electron chi connectivity index (χ0n) is 34.1. The SMILES string of the molecule is COc1ccc(C(N[C@H]2C[C@H](n3cnc4c(/N=C\N(C)C)ncnc43)O[C@@H]2COP(OCCC#N)N(C(C)C)C(C)C)(c2ccccc2)c2ccc(C)cc2)cc1. The average Bonchev–Trinajstić information content (AvgIpc) is 3.83. The minimum Gasteiger partial charge on any atom is -0.497 e. The molecular weight excluding hydrogens is 738 g/mol. The molecule has 0 bridgehead atoms. The highest BCUT2D eigenvalue weighted by molar-refractivity contribution is 7.44. The van der Waals surface area contributed by atoms with Crippen LogP contribution in [0.4, 0.5) is 5.82 Å². The molecule has 2 unspecified atom stereocenters. The Bertz CT molecular complexity index is 2100. The van der Waals surface area contributed by atoms with Crippen molar-refractivity contribution in [3.8, 4) is 11.8 Å². The first-order valence-electron chi connectivity index (χ1n) is 19.3. The Morgan fingerprint density at radius 3 is 2.26 bits per heavy atom. The molecule has 5 atom stereocenters. The zero-order valence-corrected chi connectivity index (χ0v) is 35.0. The van der Waals surface area contributed by atoms with E-state index in [-0.39, 0.29) is 37.8 Å². The summed E-state index contributed by atoms with van der Waals surface area (Å²) in [6, 6.07) is 29.7. The Balaban J connectivity index is 1.46. The predicted molar refractivity (Wildman–Crippen MR) is 224 cm³/mol. The number of benzene rings is 3. The van der Waals surface area contributed by atoms with E-state index in [1.165, 1.54) is 11.9 Å². The number of rotatable bonds is 18. The predicted octanol–water partition coefficient (Wildman–Crippen LogP) is 7.90. The number of aromatic nitrogens is 4. The molecule has 1 fully saturated rings. The van der Waals surface area contributed by atoms with Crippen molar-refractivity contribution in [2.45, 2.75) is 83.5 Å². The van der Waals surface area contributed by atoms with E-state index in [0.29, 0.717) is 23.4 Å². The molecule has 57 heavy (non-hydrogen) atoms.